The third-order valence-electron chi connectivity index (χ3n) is 3.56. The van der Waals surface area contributed by atoms with Crippen molar-refractivity contribution in [3.63, 3.8) is 0 Å². The molecule has 0 amide bonds. The summed E-state index contributed by atoms with van der Waals surface area (Å²) in [5.41, 5.74) is 8.82. The summed E-state index contributed by atoms with van der Waals surface area (Å²) in [6.45, 7) is 4.24. The van der Waals surface area contributed by atoms with E-state index < -0.39 is 0 Å². The van der Waals surface area contributed by atoms with E-state index in [2.05, 4.69) is 44.2 Å². The molecule has 2 N–H and O–H groups in total. The summed E-state index contributed by atoms with van der Waals surface area (Å²) in [5.74, 6) is 0.909. The maximum absolute atomic E-state index is 6.38. The van der Waals surface area contributed by atoms with Crippen LogP contribution in [0.25, 0.3) is 0 Å². The fourth-order valence-corrected chi connectivity index (χ4v) is 3.73. The Balaban J connectivity index is 2.34. The second kappa shape index (κ2) is 7.53. The van der Waals surface area contributed by atoms with Crippen molar-refractivity contribution in [1.82, 2.24) is 0 Å². The van der Waals surface area contributed by atoms with Crippen molar-refractivity contribution in [2.45, 2.75) is 36.5 Å². The van der Waals surface area contributed by atoms with Crippen molar-refractivity contribution >= 4 is 11.8 Å². The second-order valence-electron chi connectivity index (χ2n) is 5.17. The maximum atomic E-state index is 6.38. The molecule has 0 radical (unpaired) electrons. The number of hydrogen-bond donors (Lipinski definition) is 1. The van der Waals surface area contributed by atoms with Crippen LogP contribution < -0.4 is 10.5 Å². The first-order chi connectivity index (χ1) is 10.2. The Morgan fingerprint density at radius 2 is 1.90 bits per heavy atom. The molecule has 2 rings (SSSR count). The highest BCUT2D eigenvalue weighted by Crippen LogP contribution is 2.41. The number of nitrogens with two attached hydrogens (primary N) is 1. The van der Waals surface area contributed by atoms with E-state index in [4.69, 9.17) is 10.5 Å². The Kier molecular flexibility index (Phi) is 5.71. The predicted molar refractivity (Wildman–Crippen MR) is 91.0 cm³/mol. The van der Waals surface area contributed by atoms with Crippen molar-refractivity contribution in [2.75, 3.05) is 7.11 Å². The summed E-state index contributed by atoms with van der Waals surface area (Å²) in [6, 6.07) is 16.8. The van der Waals surface area contributed by atoms with Gasteiger partial charge in [-0.3, -0.25) is 0 Å². The van der Waals surface area contributed by atoms with Crippen molar-refractivity contribution < 1.29 is 4.74 Å². The van der Waals surface area contributed by atoms with E-state index in [9.17, 15) is 0 Å². The highest BCUT2D eigenvalue weighted by atomic mass is 32.2. The Hall–Kier alpha value is -1.45. The molecule has 112 valence electrons. The molecule has 21 heavy (non-hydrogen) atoms. The van der Waals surface area contributed by atoms with Gasteiger partial charge in [0.2, 0.25) is 0 Å². The molecule has 2 aromatic carbocycles. The van der Waals surface area contributed by atoms with Crippen LogP contribution in [-0.4, -0.2) is 13.2 Å². The Morgan fingerprint density at radius 1 is 1.14 bits per heavy atom. The molecule has 2 atom stereocenters. The molecule has 0 heterocycles. The van der Waals surface area contributed by atoms with Gasteiger partial charge in [0.1, 0.15) is 5.75 Å². The zero-order valence-corrected chi connectivity index (χ0v) is 13.7. The van der Waals surface area contributed by atoms with Gasteiger partial charge in [0.25, 0.3) is 0 Å². The lowest BCUT2D eigenvalue weighted by atomic mass is 10.0. The topological polar surface area (TPSA) is 35.2 Å². The van der Waals surface area contributed by atoms with E-state index in [1.54, 1.807) is 7.11 Å². The number of ether oxygens (including phenoxy) is 1. The van der Waals surface area contributed by atoms with Gasteiger partial charge < -0.3 is 10.5 Å². The van der Waals surface area contributed by atoms with E-state index in [0.29, 0.717) is 0 Å². The van der Waals surface area contributed by atoms with Crippen LogP contribution in [-0.2, 0) is 0 Å². The number of hydrogen-bond acceptors (Lipinski definition) is 3. The fraction of sp³-hybridized carbons (Fsp3) is 0.333. The second-order valence-corrected chi connectivity index (χ2v) is 6.38. The van der Waals surface area contributed by atoms with E-state index in [1.165, 1.54) is 16.0 Å². The molecule has 2 aromatic rings. The molecular formula is C18H23NOS. The summed E-state index contributed by atoms with van der Waals surface area (Å²) in [5, 5.41) is 0.188. The minimum atomic E-state index is 0.0896. The molecule has 0 fully saturated rings. The first-order valence-corrected chi connectivity index (χ1v) is 8.15. The van der Waals surface area contributed by atoms with Gasteiger partial charge in [-0.05, 0) is 31.5 Å². The van der Waals surface area contributed by atoms with Crippen molar-refractivity contribution in [3.05, 3.63) is 59.7 Å². The molecule has 0 aromatic heterocycles. The third kappa shape index (κ3) is 4.02. The van der Waals surface area contributed by atoms with Crippen LogP contribution in [0.2, 0.25) is 0 Å². The van der Waals surface area contributed by atoms with Crippen molar-refractivity contribution in [2.24, 2.45) is 5.73 Å². The highest BCUT2D eigenvalue weighted by molar-refractivity contribution is 7.99. The summed E-state index contributed by atoms with van der Waals surface area (Å²) < 4.78 is 5.51. The summed E-state index contributed by atoms with van der Waals surface area (Å²) in [6.07, 6.45) is 0.932. The van der Waals surface area contributed by atoms with Crippen LogP contribution in [0.5, 0.6) is 5.75 Å². The van der Waals surface area contributed by atoms with Gasteiger partial charge in [-0.1, -0.05) is 42.8 Å². The average molecular weight is 301 g/mol. The number of aryl methyl sites for hydroxylation is 1. The number of thioether (sulfide) groups is 1. The average Bonchev–Trinajstić information content (AvgIpc) is 2.52. The van der Waals surface area contributed by atoms with Gasteiger partial charge in [0.05, 0.1) is 12.4 Å². The molecule has 2 unspecified atom stereocenters. The van der Waals surface area contributed by atoms with E-state index >= 15 is 0 Å². The monoisotopic (exact) mass is 301 g/mol. The van der Waals surface area contributed by atoms with Crippen molar-refractivity contribution in [3.8, 4) is 5.75 Å². The molecule has 2 nitrogen and oxygen atoms in total. The smallest absolute Gasteiger partial charge is 0.123 e. The molecule has 0 spiro atoms. The largest absolute Gasteiger partial charge is 0.496 e. The Labute approximate surface area is 131 Å². The standard InChI is InChI=1S/C18H23NOS/c1-4-16(19)18(15-10-5-6-11-17(15)20-3)21-14-9-7-8-13(2)12-14/h5-12,16,18H,4,19H2,1-3H3. The van der Waals surface area contributed by atoms with Gasteiger partial charge >= 0.3 is 0 Å². The first kappa shape index (κ1) is 15.9. The molecular weight excluding hydrogens is 278 g/mol. The molecule has 0 aliphatic heterocycles. The third-order valence-corrected chi connectivity index (χ3v) is 4.94. The number of para-hydroxylation sites is 1. The molecule has 0 bridgehead atoms. The predicted octanol–water partition coefficient (Wildman–Crippen LogP) is 4.57. The SMILES string of the molecule is CCC(N)C(Sc1cccc(C)c1)c1ccccc1OC. The molecule has 0 saturated carbocycles. The van der Waals surface area contributed by atoms with Gasteiger partial charge in [-0.2, -0.15) is 0 Å². The van der Waals surface area contributed by atoms with E-state index in [0.717, 1.165) is 12.2 Å². The van der Waals surface area contributed by atoms with Gasteiger partial charge in [0, 0.05) is 16.5 Å². The van der Waals surface area contributed by atoms with E-state index in [-0.39, 0.29) is 11.3 Å². The molecule has 0 aliphatic rings. The van der Waals surface area contributed by atoms with Gasteiger partial charge in [-0.15, -0.1) is 11.8 Å². The van der Waals surface area contributed by atoms with Gasteiger partial charge in [-0.25, -0.2) is 0 Å². The fourth-order valence-electron chi connectivity index (χ4n) is 2.33. The zero-order chi connectivity index (χ0) is 15.2. The number of methoxy groups -OCH3 is 1. The van der Waals surface area contributed by atoms with Crippen molar-refractivity contribution in [1.29, 1.82) is 0 Å². The van der Waals surface area contributed by atoms with Crippen LogP contribution in [0.15, 0.2) is 53.4 Å². The van der Waals surface area contributed by atoms with Crippen LogP contribution >= 0.6 is 11.8 Å². The number of rotatable bonds is 6. The Morgan fingerprint density at radius 3 is 2.57 bits per heavy atom. The lowest BCUT2D eigenvalue weighted by Gasteiger charge is -2.24. The minimum absolute atomic E-state index is 0.0896. The molecule has 3 heteroatoms. The number of benzene rings is 2. The molecule has 0 aliphatic carbocycles. The summed E-state index contributed by atoms with van der Waals surface area (Å²) >= 11 is 1.81. The van der Waals surface area contributed by atoms with Crippen LogP contribution in [0.3, 0.4) is 0 Å². The Bertz CT molecular complexity index is 585. The highest BCUT2D eigenvalue weighted by Gasteiger charge is 2.23. The quantitative estimate of drug-likeness (QED) is 0.794. The summed E-state index contributed by atoms with van der Waals surface area (Å²) in [4.78, 5) is 1.25. The zero-order valence-electron chi connectivity index (χ0n) is 12.9. The van der Waals surface area contributed by atoms with Gasteiger partial charge in [0.15, 0.2) is 0 Å². The molecule has 0 saturated heterocycles. The van der Waals surface area contributed by atoms with Crippen LogP contribution in [0, 0.1) is 6.92 Å². The lowest BCUT2D eigenvalue weighted by Crippen LogP contribution is -2.26. The maximum Gasteiger partial charge on any atom is 0.123 e. The van der Waals surface area contributed by atoms with E-state index in [1.807, 2.05) is 30.0 Å². The van der Waals surface area contributed by atoms with Crippen LogP contribution in [0.4, 0.5) is 0 Å². The first-order valence-electron chi connectivity index (χ1n) is 7.27. The summed E-state index contributed by atoms with van der Waals surface area (Å²) in [7, 11) is 1.71. The lowest BCUT2D eigenvalue weighted by molar-refractivity contribution is 0.407. The van der Waals surface area contributed by atoms with Crippen LogP contribution in [0.1, 0.15) is 29.7 Å². The minimum Gasteiger partial charge on any atom is -0.496 e. The normalized spacial score (nSPS) is 13.7.